The van der Waals surface area contributed by atoms with Crippen LogP contribution in [-0.4, -0.2) is 22.8 Å². The number of imide groups is 1. The molecule has 144 valence electrons. The van der Waals surface area contributed by atoms with Crippen LogP contribution in [0.5, 0.6) is 0 Å². The predicted molar refractivity (Wildman–Crippen MR) is 102 cm³/mol. The molecule has 27 heavy (non-hydrogen) atoms. The first kappa shape index (κ1) is 20.7. The summed E-state index contributed by atoms with van der Waals surface area (Å²) in [4.78, 5) is 39.2. The standard InChI is InChI=1S/C22H27NO4/c1-18-12-14-19(15-13-18)10-8-6-4-2-3-5-7-9-11-22(26)27-23-20(24)16-17-21(23)25/h12-15H,2-7,9,11,16-17H2,1H3. The number of amides is 2. The Hall–Kier alpha value is -2.61. The molecular formula is C22H27NO4. The Labute approximate surface area is 161 Å². The van der Waals surface area contributed by atoms with E-state index in [1.165, 1.54) is 5.56 Å². The minimum atomic E-state index is -0.509. The van der Waals surface area contributed by atoms with Crippen molar-refractivity contribution >= 4 is 17.8 Å². The number of unbranched alkanes of at least 4 members (excludes halogenated alkanes) is 6. The molecule has 1 saturated heterocycles. The van der Waals surface area contributed by atoms with Crippen LogP contribution in [0.25, 0.3) is 0 Å². The normalized spacial score (nSPS) is 13.4. The number of hydroxylamine groups is 2. The first-order chi connectivity index (χ1) is 13.1. The third-order valence-corrected chi connectivity index (χ3v) is 4.42. The van der Waals surface area contributed by atoms with Gasteiger partial charge in [-0.1, -0.05) is 55.2 Å². The van der Waals surface area contributed by atoms with E-state index in [9.17, 15) is 14.4 Å². The number of carbonyl (C=O) groups excluding carboxylic acids is 3. The molecule has 5 nitrogen and oxygen atoms in total. The second-order valence-electron chi connectivity index (χ2n) is 6.83. The van der Waals surface area contributed by atoms with Crippen LogP contribution in [0.1, 0.15) is 75.3 Å². The van der Waals surface area contributed by atoms with Crippen LogP contribution in [0.2, 0.25) is 0 Å². The highest BCUT2D eigenvalue weighted by Gasteiger charge is 2.32. The van der Waals surface area contributed by atoms with Crippen LogP contribution in [0.3, 0.4) is 0 Å². The molecule has 1 aromatic rings. The van der Waals surface area contributed by atoms with E-state index in [1.54, 1.807) is 0 Å². The van der Waals surface area contributed by atoms with E-state index in [2.05, 4.69) is 30.9 Å². The van der Waals surface area contributed by atoms with Gasteiger partial charge >= 0.3 is 5.97 Å². The topological polar surface area (TPSA) is 63.7 Å². The van der Waals surface area contributed by atoms with Crippen molar-refractivity contribution in [2.75, 3.05) is 0 Å². The van der Waals surface area contributed by atoms with Crippen LogP contribution in [0, 0.1) is 18.8 Å². The number of benzene rings is 1. The molecule has 1 heterocycles. The highest BCUT2D eigenvalue weighted by Crippen LogP contribution is 2.14. The molecule has 0 spiro atoms. The van der Waals surface area contributed by atoms with Crippen LogP contribution in [-0.2, 0) is 19.2 Å². The Kier molecular flexibility index (Phi) is 8.57. The van der Waals surface area contributed by atoms with Gasteiger partial charge in [0.2, 0.25) is 0 Å². The Morgan fingerprint density at radius 2 is 1.56 bits per heavy atom. The largest absolute Gasteiger partial charge is 0.333 e. The van der Waals surface area contributed by atoms with Crippen molar-refractivity contribution in [3.8, 4) is 11.8 Å². The van der Waals surface area contributed by atoms with Gasteiger partial charge in [-0.25, -0.2) is 4.79 Å². The zero-order valence-electron chi connectivity index (χ0n) is 16.0. The van der Waals surface area contributed by atoms with Gasteiger partial charge in [-0.15, -0.1) is 5.06 Å². The predicted octanol–water partition coefficient (Wildman–Crippen LogP) is 4.07. The van der Waals surface area contributed by atoms with Crippen molar-refractivity contribution in [3.63, 3.8) is 0 Å². The molecule has 0 atom stereocenters. The highest BCUT2D eigenvalue weighted by molar-refractivity contribution is 6.01. The van der Waals surface area contributed by atoms with E-state index in [0.29, 0.717) is 11.5 Å². The molecule has 0 aliphatic carbocycles. The molecule has 0 unspecified atom stereocenters. The maximum atomic E-state index is 11.6. The van der Waals surface area contributed by atoms with Gasteiger partial charge in [0.25, 0.3) is 11.8 Å². The Bertz CT molecular complexity index is 696. The molecule has 0 radical (unpaired) electrons. The lowest BCUT2D eigenvalue weighted by atomic mass is 10.1. The molecule has 0 saturated carbocycles. The molecule has 1 fully saturated rings. The highest BCUT2D eigenvalue weighted by atomic mass is 16.7. The van der Waals surface area contributed by atoms with E-state index in [-0.39, 0.29) is 19.3 Å². The monoisotopic (exact) mass is 369 g/mol. The summed E-state index contributed by atoms with van der Waals surface area (Å²) < 4.78 is 0. The summed E-state index contributed by atoms with van der Waals surface area (Å²) in [6.07, 6.45) is 7.42. The summed E-state index contributed by atoms with van der Waals surface area (Å²) in [6.45, 7) is 2.07. The maximum Gasteiger partial charge on any atom is 0.333 e. The second kappa shape index (κ2) is 11.2. The fourth-order valence-corrected chi connectivity index (χ4v) is 2.80. The summed E-state index contributed by atoms with van der Waals surface area (Å²) in [5.41, 5.74) is 2.30. The van der Waals surface area contributed by atoms with Gasteiger partial charge in [0, 0.05) is 31.2 Å². The Morgan fingerprint density at radius 1 is 0.963 bits per heavy atom. The lowest BCUT2D eigenvalue weighted by Crippen LogP contribution is -2.31. The van der Waals surface area contributed by atoms with Gasteiger partial charge in [-0.05, 0) is 31.9 Å². The molecule has 0 N–H and O–H groups in total. The first-order valence-corrected chi connectivity index (χ1v) is 9.68. The third-order valence-electron chi connectivity index (χ3n) is 4.42. The zero-order valence-corrected chi connectivity index (χ0v) is 16.0. The summed E-state index contributed by atoms with van der Waals surface area (Å²) in [5.74, 6) is 5.01. The first-order valence-electron chi connectivity index (χ1n) is 9.68. The number of aryl methyl sites for hydroxylation is 1. The van der Waals surface area contributed by atoms with E-state index in [4.69, 9.17) is 4.84 Å². The summed E-state index contributed by atoms with van der Waals surface area (Å²) in [6, 6.07) is 8.23. The molecular weight excluding hydrogens is 342 g/mol. The average Bonchev–Trinajstić information content (AvgIpc) is 2.96. The molecule has 2 amide bonds. The average molecular weight is 369 g/mol. The van der Waals surface area contributed by atoms with E-state index in [1.807, 2.05) is 12.1 Å². The maximum absolute atomic E-state index is 11.6. The molecule has 0 aromatic heterocycles. The second-order valence-corrected chi connectivity index (χ2v) is 6.83. The van der Waals surface area contributed by atoms with Crippen LogP contribution in [0.4, 0.5) is 0 Å². The van der Waals surface area contributed by atoms with E-state index >= 15 is 0 Å². The zero-order chi connectivity index (χ0) is 19.5. The van der Waals surface area contributed by atoms with Gasteiger partial charge in [0.15, 0.2) is 0 Å². The smallest absolute Gasteiger partial charge is 0.330 e. The van der Waals surface area contributed by atoms with Gasteiger partial charge in [0.1, 0.15) is 0 Å². The Morgan fingerprint density at radius 3 is 2.22 bits per heavy atom. The summed E-state index contributed by atoms with van der Waals surface area (Å²) in [7, 11) is 0. The lowest BCUT2D eigenvalue weighted by Gasteiger charge is -2.12. The minimum absolute atomic E-state index is 0.126. The van der Waals surface area contributed by atoms with Crippen molar-refractivity contribution in [1.29, 1.82) is 0 Å². The van der Waals surface area contributed by atoms with Crippen molar-refractivity contribution in [2.24, 2.45) is 0 Å². The lowest BCUT2D eigenvalue weighted by molar-refractivity contribution is -0.197. The number of rotatable bonds is 9. The third kappa shape index (κ3) is 7.65. The summed E-state index contributed by atoms with van der Waals surface area (Å²) in [5, 5.41) is 0.611. The molecule has 1 aliphatic rings. The Balaban J connectivity index is 1.46. The van der Waals surface area contributed by atoms with Crippen molar-refractivity contribution in [1.82, 2.24) is 5.06 Å². The number of hydrogen-bond acceptors (Lipinski definition) is 4. The molecule has 1 aliphatic heterocycles. The van der Waals surface area contributed by atoms with Gasteiger partial charge in [-0.2, -0.15) is 0 Å². The van der Waals surface area contributed by atoms with E-state index in [0.717, 1.165) is 44.1 Å². The number of nitrogens with zero attached hydrogens (tertiary/aromatic N) is 1. The van der Waals surface area contributed by atoms with Crippen LogP contribution < -0.4 is 0 Å². The van der Waals surface area contributed by atoms with E-state index < -0.39 is 17.8 Å². The fraction of sp³-hybridized carbons (Fsp3) is 0.500. The molecule has 0 bridgehead atoms. The quantitative estimate of drug-likeness (QED) is 0.374. The minimum Gasteiger partial charge on any atom is -0.330 e. The number of hydrogen-bond donors (Lipinski definition) is 0. The van der Waals surface area contributed by atoms with Crippen LogP contribution in [0.15, 0.2) is 24.3 Å². The summed E-state index contributed by atoms with van der Waals surface area (Å²) >= 11 is 0. The fourth-order valence-electron chi connectivity index (χ4n) is 2.80. The molecule has 1 aromatic carbocycles. The number of carbonyl (C=O) groups is 3. The molecule has 5 heteroatoms. The van der Waals surface area contributed by atoms with Crippen molar-refractivity contribution in [2.45, 2.75) is 71.1 Å². The van der Waals surface area contributed by atoms with Gasteiger partial charge < -0.3 is 4.84 Å². The SMILES string of the molecule is Cc1ccc(C#CCCCCCCCCC(=O)ON2C(=O)CCC2=O)cc1. The van der Waals surface area contributed by atoms with Gasteiger partial charge in [-0.3, -0.25) is 9.59 Å². The van der Waals surface area contributed by atoms with Crippen molar-refractivity contribution in [3.05, 3.63) is 35.4 Å². The van der Waals surface area contributed by atoms with Gasteiger partial charge in [0.05, 0.1) is 0 Å². The molecule has 2 rings (SSSR count). The van der Waals surface area contributed by atoms with Crippen molar-refractivity contribution < 1.29 is 19.2 Å². The van der Waals surface area contributed by atoms with Crippen LogP contribution >= 0.6 is 0 Å².